The second-order valence-corrected chi connectivity index (χ2v) is 20.7. The summed E-state index contributed by atoms with van der Waals surface area (Å²) < 4.78 is 39.0. The monoisotopic (exact) mass is 1150 g/mol. The van der Waals surface area contributed by atoms with E-state index in [4.69, 9.17) is 72.7 Å². The first-order valence-corrected chi connectivity index (χ1v) is 25.0. The van der Waals surface area contributed by atoms with E-state index in [1.54, 1.807) is 41.5 Å². The highest BCUT2D eigenvalue weighted by Crippen LogP contribution is 2.32. The molecule has 0 bridgehead atoms. The molecule has 4 aromatic carbocycles. The van der Waals surface area contributed by atoms with E-state index >= 15 is 0 Å². The lowest BCUT2D eigenvalue weighted by Crippen LogP contribution is -2.56. The fourth-order valence-electron chi connectivity index (χ4n) is 7.36. The first-order chi connectivity index (χ1) is 36.2. The Bertz CT molecular complexity index is 2930. The number of halogens is 6. The number of azide groups is 2. The molecule has 21 nitrogen and oxygen atoms in total. The zero-order chi connectivity index (χ0) is 57.4. The van der Waals surface area contributed by atoms with Crippen LogP contribution in [-0.2, 0) is 54.6 Å². The number of hydrogen-bond acceptors (Lipinski definition) is 11. The molecule has 0 saturated heterocycles. The average Bonchev–Trinajstić information content (AvgIpc) is 3.37. The van der Waals surface area contributed by atoms with Crippen molar-refractivity contribution in [1.82, 2.24) is 15.1 Å². The zero-order valence-corrected chi connectivity index (χ0v) is 45.6. The van der Waals surface area contributed by atoms with Gasteiger partial charge in [-0.25, -0.2) is 23.2 Å². The normalized spacial score (nSPS) is 15.3. The van der Waals surface area contributed by atoms with Gasteiger partial charge in [-0.15, -0.1) is 0 Å². The van der Waals surface area contributed by atoms with E-state index in [1.165, 1.54) is 34.1 Å². The van der Waals surface area contributed by atoms with Gasteiger partial charge in [-0.05, 0) is 112 Å². The number of carboxylic acid groups (broad SMARTS) is 1. The molecule has 2 aliphatic rings. The van der Waals surface area contributed by atoms with Gasteiger partial charge in [-0.2, -0.15) is 0 Å². The van der Waals surface area contributed by atoms with Gasteiger partial charge in [0.25, 0.3) is 0 Å². The number of aliphatic carboxylic acids is 1. The summed E-state index contributed by atoms with van der Waals surface area (Å²) in [6.07, 6.45) is -0.698. The minimum atomic E-state index is -1.22. The fourth-order valence-corrected chi connectivity index (χ4v) is 7.98. The van der Waals surface area contributed by atoms with Crippen LogP contribution in [0.15, 0.2) is 83.0 Å². The highest BCUT2D eigenvalue weighted by molar-refractivity contribution is 6.42. The molecule has 5 amide bonds. The van der Waals surface area contributed by atoms with E-state index in [1.807, 2.05) is 48.5 Å². The summed E-state index contributed by atoms with van der Waals surface area (Å²) in [7, 11) is 0. The molecule has 0 fully saturated rings. The summed E-state index contributed by atoms with van der Waals surface area (Å²) in [4.78, 5) is 82.6. The molecule has 77 heavy (non-hydrogen) atoms. The van der Waals surface area contributed by atoms with Crippen LogP contribution >= 0.6 is 46.4 Å². The summed E-state index contributed by atoms with van der Waals surface area (Å²) in [5.41, 5.74) is 24.2. The van der Waals surface area contributed by atoms with Crippen molar-refractivity contribution >= 4 is 93.7 Å². The number of hydrogen-bond donors (Lipinski definition) is 5. The topological polar surface area (TPSA) is 307 Å². The van der Waals surface area contributed by atoms with E-state index in [2.05, 4.69) is 36.0 Å². The average molecular weight is 1150 g/mol. The van der Waals surface area contributed by atoms with Crippen LogP contribution in [0, 0.1) is 11.6 Å². The van der Waals surface area contributed by atoms with E-state index in [0.717, 1.165) is 22.3 Å². The Morgan fingerprint density at radius 1 is 0.675 bits per heavy atom. The Balaban J connectivity index is 0.000000275. The molecule has 0 saturated carbocycles. The predicted octanol–water partition coefficient (Wildman–Crippen LogP) is 11.1. The molecule has 6 N–H and O–H groups in total. The van der Waals surface area contributed by atoms with Crippen molar-refractivity contribution in [3.8, 4) is 0 Å². The molecule has 4 aromatic rings. The summed E-state index contributed by atoms with van der Waals surface area (Å²) in [5.74, 6) is -4.78. The van der Waals surface area contributed by atoms with Crippen LogP contribution in [-0.4, -0.2) is 99.2 Å². The molecule has 27 heteroatoms. The number of fused-ring (bicyclic) bond motifs is 2. The molecule has 0 aliphatic carbocycles. The van der Waals surface area contributed by atoms with Crippen molar-refractivity contribution in [1.29, 1.82) is 0 Å². The molecule has 0 aromatic heterocycles. The van der Waals surface area contributed by atoms with Crippen molar-refractivity contribution in [2.24, 2.45) is 16.0 Å². The SMILES string of the molecule is CC(C)(C)OC(=O)N1Cc2ccccc2C[C@H]1C(=O)N[C@@H](CCN=[N+]=[N-])C(=O)Nc1ccc(Cl)c(Cl)c1F.CC(C)(C)OC(=O)N1Cc2ccccc2C[C@H]1C(=O)O.[N-]=[N+]=NCC[C@H](N)C(=O)Nc1ccc(Cl)c(Cl)c1F. The highest BCUT2D eigenvalue weighted by Gasteiger charge is 2.39. The molecule has 0 spiro atoms. The lowest BCUT2D eigenvalue weighted by Gasteiger charge is -2.37. The van der Waals surface area contributed by atoms with Crippen molar-refractivity contribution in [3.05, 3.63) is 148 Å². The van der Waals surface area contributed by atoms with Gasteiger partial charge in [0.15, 0.2) is 11.6 Å². The number of carbonyl (C=O) groups is 6. The van der Waals surface area contributed by atoms with Crippen LogP contribution in [0.2, 0.25) is 20.1 Å². The lowest BCUT2D eigenvalue weighted by atomic mass is 9.93. The van der Waals surface area contributed by atoms with E-state index in [-0.39, 0.29) is 76.9 Å². The van der Waals surface area contributed by atoms with Gasteiger partial charge in [0.05, 0.1) is 50.6 Å². The van der Waals surface area contributed by atoms with Gasteiger partial charge in [-0.1, -0.05) is 105 Å². The standard InChI is InChI=1S/C25H27Cl2FN6O4.C15H19NO4.C10H10Cl2FN5O/c1-25(2,3)38-24(37)34-13-15-7-5-4-6-14(15)12-19(34)23(36)32-18(10-11-30-33-29)22(35)31-17-9-8-16(26)20(27)21(17)28;1-15(2,3)20-14(19)16-9-11-7-5-4-6-10(11)8-12(16)13(17)18;11-5-1-2-7(9(13)8(5)12)17-10(19)6(14)3-4-16-18-15/h4-9,18-19H,10-13H2,1-3H3,(H,31,35)(H,32,36);4-7,12H,8-9H2,1-3H3,(H,17,18);1-2,6H,3-4,14H2,(H,17,19)/t18-,19-;12-;6-/m000/s1. The summed E-state index contributed by atoms with van der Waals surface area (Å²) in [6.45, 7) is 10.8. The van der Waals surface area contributed by atoms with E-state index in [0.29, 0.717) is 6.42 Å². The van der Waals surface area contributed by atoms with Gasteiger partial charge in [0, 0.05) is 35.8 Å². The van der Waals surface area contributed by atoms with Gasteiger partial charge in [0.1, 0.15) is 29.3 Å². The van der Waals surface area contributed by atoms with Crippen molar-refractivity contribution in [2.75, 3.05) is 23.7 Å². The first-order valence-electron chi connectivity index (χ1n) is 23.5. The molecule has 0 radical (unpaired) electrons. The van der Waals surface area contributed by atoms with Crippen LogP contribution < -0.4 is 21.7 Å². The first kappa shape index (κ1) is 62.4. The predicted molar refractivity (Wildman–Crippen MR) is 286 cm³/mol. The molecule has 2 heterocycles. The van der Waals surface area contributed by atoms with Crippen LogP contribution in [0.1, 0.15) is 76.6 Å². The second-order valence-electron chi connectivity index (χ2n) is 19.1. The van der Waals surface area contributed by atoms with Gasteiger partial charge < -0.3 is 36.3 Å². The summed E-state index contributed by atoms with van der Waals surface area (Å²) in [6, 6.07) is 16.1. The number of nitrogens with one attached hydrogen (secondary N) is 3. The minimum absolute atomic E-state index is 0.0322. The molecule has 412 valence electrons. The maximum absolute atomic E-state index is 14.5. The highest BCUT2D eigenvalue weighted by atomic mass is 35.5. The third-order valence-corrected chi connectivity index (χ3v) is 12.6. The number of nitrogens with zero attached hydrogens (tertiary/aromatic N) is 8. The molecular weight excluding hydrogens is 1090 g/mol. The number of benzene rings is 4. The number of ether oxygens (including phenoxy) is 2. The van der Waals surface area contributed by atoms with Gasteiger partial charge in [0.2, 0.25) is 17.7 Å². The third kappa shape index (κ3) is 18.6. The smallest absolute Gasteiger partial charge is 0.411 e. The maximum atomic E-state index is 14.5. The molecule has 2 aliphatic heterocycles. The van der Waals surface area contributed by atoms with Crippen LogP contribution in [0.3, 0.4) is 0 Å². The van der Waals surface area contributed by atoms with Gasteiger partial charge in [-0.3, -0.25) is 24.2 Å². The van der Waals surface area contributed by atoms with Crippen LogP contribution in [0.4, 0.5) is 29.7 Å². The Morgan fingerprint density at radius 3 is 1.51 bits per heavy atom. The fraction of sp³-hybridized carbons (Fsp3) is 0.400. The summed E-state index contributed by atoms with van der Waals surface area (Å²) >= 11 is 22.9. The lowest BCUT2D eigenvalue weighted by molar-refractivity contribution is -0.143. The van der Waals surface area contributed by atoms with Crippen LogP contribution in [0.25, 0.3) is 20.9 Å². The Labute approximate surface area is 461 Å². The number of anilines is 2. The van der Waals surface area contributed by atoms with E-state index < -0.39 is 82.9 Å². The van der Waals surface area contributed by atoms with Gasteiger partial charge >= 0.3 is 18.2 Å². The second kappa shape index (κ2) is 28.3. The Morgan fingerprint density at radius 2 is 1.08 bits per heavy atom. The van der Waals surface area contributed by atoms with Crippen molar-refractivity contribution < 1.29 is 52.1 Å². The maximum Gasteiger partial charge on any atom is 0.411 e. The largest absolute Gasteiger partial charge is 0.480 e. The Kier molecular flexibility index (Phi) is 23.0. The number of amides is 5. The quantitative estimate of drug-likeness (QED) is 0.0365. The molecule has 0 unspecified atom stereocenters. The molecule has 6 rings (SSSR count). The van der Waals surface area contributed by atoms with Crippen molar-refractivity contribution in [2.45, 2.75) is 116 Å². The van der Waals surface area contributed by atoms with Crippen molar-refractivity contribution in [3.63, 3.8) is 0 Å². The van der Waals surface area contributed by atoms with E-state index in [9.17, 15) is 42.7 Å². The summed E-state index contributed by atoms with van der Waals surface area (Å²) in [5, 5.41) is 22.7. The zero-order valence-electron chi connectivity index (χ0n) is 42.5. The number of nitrogens with two attached hydrogens (primary N) is 1. The van der Waals surface area contributed by atoms with Crippen LogP contribution in [0.5, 0.6) is 0 Å². The number of carboxylic acids is 1. The third-order valence-electron chi connectivity index (χ3n) is 11.1. The number of carbonyl (C=O) groups excluding carboxylic acids is 5. The molecular formula is C50H56Cl4F2N12O9. The minimum Gasteiger partial charge on any atom is -0.480 e. The number of rotatable bonds is 13. The Hall–Kier alpha value is -7.10. The molecule has 4 atom stereocenters.